The Balaban J connectivity index is 2.78. The fourth-order valence-corrected chi connectivity index (χ4v) is 1.39. The van der Waals surface area contributed by atoms with Gasteiger partial charge < -0.3 is 10.1 Å². The van der Waals surface area contributed by atoms with E-state index in [-0.39, 0.29) is 17.8 Å². The van der Waals surface area contributed by atoms with Crippen molar-refractivity contribution in [3.63, 3.8) is 0 Å². The molecule has 1 aromatic rings. The molecule has 1 heterocycles. The zero-order chi connectivity index (χ0) is 14.6. The summed E-state index contributed by atoms with van der Waals surface area (Å²) in [7, 11) is 0. The molecule has 0 amide bonds. The molecule has 1 atom stereocenters. The number of aromatic nitrogens is 2. The third-order valence-corrected chi connectivity index (χ3v) is 2.23. The van der Waals surface area contributed by atoms with Crippen molar-refractivity contribution in [2.75, 3.05) is 5.32 Å². The number of hydrogen-bond acceptors (Lipinski definition) is 5. The number of esters is 1. The smallest absolute Gasteiger partial charge is 0.329 e. The molecule has 6 heteroatoms. The first kappa shape index (κ1) is 15.3. The van der Waals surface area contributed by atoms with Crippen LogP contribution in [0.1, 0.15) is 34.6 Å². The van der Waals surface area contributed by atoms with Crippen LogP contribution in [0, 0.1) is 11.7 Å². The van der Waals surface area contributed by atoms with Gasteiger partial charge in [-0.05, 0) is 26.7 Å². The van der Waals surface area contributed by atoms with Crippen molar-refractivity contribution in [2.24, 2.45) is 5.92 Å². The molecule has 0 spiro atoms. The molecule has 19 heavy (non-hydrogen) atoms. The van der Waals surface area contributed by atoms with Gasteiger partial charge in [-0.1, -0.05) is 13.8 Å². The lowest BCUT2D eigenvalue weighted by Gasteiger charge is -2.26. The van der Waals surface area contributed by atoms with Gasteiger partial charge >= 0.3 is 5.97 Å². The van der Waals surface area contributed by atoms with Crippen molar-refractivity contribution in [2.45, 2.75) is 46.3 Å². The quantitative estimate of drug-likeness (QED) is 0.850. The van der Waals surface area contributed by atoms with Crippen molar-refractivity contribution in [3.05, 3.63) is 18.2 Å². The average molecular weight is 269 g/mol. The molecule has 0 radical (unpaired) electrons. The maximum Gasteiger partial charge on any atom is 0.329 e. The highest BCUT2D eigenvalue weighted by Crippen LogP contribution is 2.15. The first-order chi connectivity index (χ1) is 8.69. The minimum atomic E-state index is -0.579. The minimum absolute atomic E-state index is 0.0106. The molecular weight excluding hydrogens is 249 g/mol. The van der Waals surface area contributed by atoms with Gasteiger partial charge in [0.15, 0.2) is 5.82 Å². The maximum absolute atomic E-state index is 12.7. The van der Waals surface area contributed by atoms with E-state index in [9.17, 15) is 9.18 Å². The Hall–Kier alpha value is -1.72. The Labute approximate surface area is 112 Å². The summed E-state index contributed by atoms with van der Waals surface area (Å²) < 4.78 is 18.0. The van der Waals surface area contributed by atoms with Crippen LogP contribution in [0.5, 0.6) is 0 Å². The molecule has 1 rings (SSSR count). The van der Waals surface area contributed by atoms with Gasteiger partial charge in [0.25, 0.3) is 0 Å². The lowest BCUT2D eigenvalue weighted by Crippen LogP contribution is -2.40. The number of nitrogens with one attached hydrogen (secondary N) is 1. The number of carbonyl (C=O) groups is 1. The third kappa shape index (κ3) is 5.19. The first-order valence-corrected chi connectivity index (χ1v) is 6.16. The predicted molar refractivity (Wildman–Crippen MR) is 70.1 cm³/mol. The fraction of sp³-hybridized carbons (Fsp3) is 0.615. The number of ether oxygens (including phenoxy) is 1. The molecule has 0 aliphatic heterocycles. The van der Waals surface area contributed by atoms with Crippen LogP contribution in [0.3, 0.4) is 0 Å². The lowest BCUT2D eigenvalue weighted by molar-refractivity contribution is -0.156. The second kappa shape index (κ2) is 5.95. The van der Waals surface area contributed by atoms with Crippen LogP contribution in [0.2, 0.25) is 0 Å². The monoisotopic (exact) mass is 269 g/mol. The van der Waals surface area contributed by atoms with E-state index >= 15 is 0 Å². The van der Waals surface area contributed by atoms with Gasteiger partial charge in [0, 0.05) is 0 Å². The van der Waals surface area contributed by atoms with Crippen molar-refractivity contribution in [3.8, 4) is 0 Å². The van der Waals surface area contributed by atoms with Crippen LogP contribution in [0.25, 0.3) is 0 Å². The van der Waals surface area contributed by atoms with E-state index in [2.05, 4.69) is 15.3 Å². The topological polar surface area (TPSA) is 64.1 Å². The van der Waals surface area contributed by atoms with Gasteiger partial charge in [-0.15, -0.1) is 0 Å². The molecule has 1 aromatic heterocycles. The van der Waals surface area contributed by atoms with E-state index < -0.39 is 17.5 Å². The van der Waals surface area contributed by atoms with E-state index in [1.807, 2.05) is 13.8 Å². The largest absolute Gasteiger partial charge is 0.458 e. The van der Waals surface area contributed by atoms with Crippen molar-refractivity contribution in [1.82, 2.24) is 9.97 Å². The molecule has 0 saturated heterocycles. The number of carbonyl (C=O) groups excluding carboxylic acids is 1. The van der Waals surface area contributed by atoms with Gasteiger partial charge in [0.1, 0.15) is 11.6 Å². The first-order valence-electron chi connectivity index (χ1n) is 6.16. The van der Waals surface area contributed by atoms with Gasteiger partial charge in [-0.2, -0.15) is 0 Å². The Morgan fingerprint density at radius 3 is 2.26 bits per heavy atom. The molecule has 0 fully saturated rings. The highest BCUT2D eigenvalue weighted by Gasteiger charge is 2.28. The van der Waals surface area contributed by atoms with Crippen LogP contribution < -0.4 is 5.32 Å². The molecular formula is C13H20FN3O2. The van der Waals surface area contributed by atoms with E-state index in [0.29, 0.717) is 0 Å². The van der Waals surface area contributed by atoms with Crippen molar-refractivity contribution < 1.29 is 13.9 Å². The van der Waals surface area contributed by atoms with E-state index in [0.717, 1.165) is 12.4 Å². The summed E-state index contributed by atoms with van der Waals surface area (Å²) in [5.74, 6) is -0.714. The number of anilines is 1. The highest BCUT2D eigenvalue weighted by atomic mass is 19.1. The summed E-state index contributed by atoms with van der Waals surface area (Å²) in [5, 5.41) is 2.86. The number of nitrogens with zero attached hydrogens (tertiary/aromatic N) is 2. The summed E-state index contributed by atoms with van der Waals surface area (Å²) in [6.07, 6.45) is 2.09. The lowest BCUT2D eigenvalue weighted by atomic mass is 10.0. The number of halogens is 1. The molecule has 0 aliphatic carbocycles. The van der Waals surface area contributed by atoms with E-state index in [1.54, 1.807) is 20.8 Å². The molecule has 106 valence electrons. The molecule has 5 nitrogen and oxygen atoms in total. The summed E-state index contributed by atoms with van der Waals surface area (Å²) in [5.41, 5.74) is -0.560. The second-order valence-corrected chi connectivity index (χ2v) is 5.62. The molecule has 1 N–H and O–H groups in total. The van der Waals surface area contributed by atoms with Crippen LogP contribution in [0.4, 0.5) is 10.3 Å². The summed E-state index contributed by atoms with van der Waals surface area (Å²) in [6.45, 7) is 9.17. The van der Waals surface area contributed by atoms with E-state index in [4.69, 9.17) is 4.74 Å². The van der Waals surface area contributed by atoms with Crippen molar-refractivity contribution >= 4 is 11.9 Å². The standard InChI is InChI=1S/C13H20FN3O2/c1-8(2)10(11(18)19-13(3,4)5)17-12-15-6-9(14)7-16-12/h6-8,10H,1-5H3,(H,15,16,17)/t10-/m1/s1. The van der Waals surface area contributed by atoms with Crippen LogP contribution in [-0.2, 0) is 9.53 Å². The molecule has 0 bridgehead atoms. The zero-order valence-corrected chi connectivity index (χ0v) is 11.9. The Morgan fingerprint density at radius 1 is 1.32 bits per heavy atom. The SMILES string of the molecule is CC(C)[C@@H](Nc1ncc(F)cn1)C(=O)OC(C)(C)C. The Bertz CT molecular complexity index is 427. The Kier molecular flexibility index (Phi) is 4.80. The van der Waals surface area contributed by atoms with E-state index in [1.165, 1.54) is 0 Å². The van der Waals surface area contributed by atoms with Gasteiger partial charge in [0.05, 0.1) is 12.4 Å². The van der Waals surface area contributed by atoms with Crippen LogP contribution in [-0.4, -0.2) is 27.6 Å². The Morgan fingerprint density at radius 2 is 1.84 bits per heavy atom. The highest BCUT2D eigenvalue weighted by molar-refractivity contribution is 5.79. The number of rotatable bonds is 4. The summed E-state index contributed by atoms with van der Waals surface area (Å²) >= 11 is 0. The summed E-state index contributed by atoms with van der Waals surface area (Å²) in [6, 6.07) is -0.579. The van der Waals surface area contributed by atoms with Crippen LogP contribution in [0.15, 0.2) is 12.4 Å². The third-order valence-electron chi connectivity index (χ3n) is 2.23. The second-order valence-electron chi connectivity index (χ2n) is 5.62. The van der Waals surface area contributed by atoms with Gasteiger partial charge in [-0.3, -0.25) is 0 Å². The van der Waals surface area contributed by atoms with Crippen LogP contribution >= 0.6 is 0 Å². The average Bonchev–Trinajstić information content (AvgIpc) is 2.25. The maximum atomic E-state index is 12.7. The minimum Gasteiger partial charge on any atom is -0.458 e. The summed E-state index contributed by atoms with van der Waals surface area (Å²) in [4.78, 5) is 19.6. The molecule has 0 aliphatic rings. The normalized spacial score (nSPS) is 13.2. The number of hydrogen-bond donors (Lipinski definition) is 1. The van der Waals surface area contributed by atoms with Crippen molar-refractivity contribution in [1.29, 1.82) is 0 Å². The van der Waals surface area contributed by atoms with Gasteiger partial charge in [0.2, 0.25) is 5.95 Å². The zero-order valence-electron chi connectivity index (χ0n) is 11.9. The predicted octanol–water partition coefficient (Wildman–Crippen LogP) is 2.39. The molecule has 0 unspecified atom stereocenters. The molecule has 0 aromatic carbocycles. The van der Waals surface area contributed by atoms with Gasteiger partial charge in [-0.25, -0.2) is 19.2 Å². The molecule has 0 saturated carbocycles. The fourth-order valence-electron chi connectivity index (χ4n) is 1.39.